The lowest BCUT2D eigenvalue weighted by Crippen LogP contribution is -2.36. The number of halogens is 2. The molecule has 0 unspecified atom stereocenters. The highest BCUT2D eigenvalue weighted by Gasteiger charge is 2.31. The first kappa shape index (κ1) is 23.1. The molecular weight excluding hydrogens is 394 g/mol. The number of aromatic nitrogens is 2. The number of hydrogen-bond acceptors (Lipinski definition) is 3. The third-order valence-corrected chi connectivity index (χ3v) is 5.28. The standard InChI is InChI=1S/C25H32F2N4/c1-17(28)12-13-29-23(25(2,3)4)24-30-22(20-14-19(26)10-11-21(20)27)16-31(24)15-18-8-6-5-7-9-18/h5-11,14,16-17,23,29H,12-13,15,28H2,1-4H3/t17-,23+/m1/s1. The smallest absolute Gasteiger partial charge is 0.132 e. The van der Waals surface area contributed by atoms with Crippen molar-refractivity contribution < 1.29 is 8.78 Å². The molecule has 3 aromatic rings. The topological polar surface area (TPSA) is 55.9 Å². The number of nitrogens with zero attached hydrogens (tertiary/aromatic N) is 2. The van der Waals surface area contributed by atoms with Gasteiger partial charge in [-0.1, -0.05) is 51.1 Å². The van der Waals surface area contributed by atoms with Gasteiger partial charge in [0.25, 0.3) is 0 Å². The first-order valence-electron chi connectivity index (χ1n) is 10.7. The molecule has 0 fully saturated rings. The normalized spacial score (nSPS) is 13.9. The second-order valence-corrected chi connectivity index (χ2v) is 9.24. The molecule has 0 saturated carbocycles. The van der Waals surface area contributed by atoms with Crippen molar-refractivity contribution in [3.8, 4) is 11.3 Å². The van der Waals surface area contributed by atoms with Crippen LogP contribution in [0.5, 0.6) is 0 Å². The fraction of sp³-hybridized carbons (Fsp3) is 0.400. The van der Waals surface area contributed by atoms with Gasteiger partial charge in [-0.15, -0.1) is 0 Å². The Morgan fingerprint density at radius 1 is 1.10 bits per heavy atom. The molecule has 1 heterocycles. The van der Waals surface area contributed by atoms with Crippen molar-refractivity contribution in [2.75, 3.05) is 6.54 Å². The molecule has 1 aromatic heterocycles. The zero-order valence-electron chi connectivity index (χ0n) is 18.7. The molecule has 0 radical (unpaired) electrons. The largest absolute Gasteiger partial charge is 0.329 e. The summed E-state index contributed by atoms with van der Waals surface area (Å²) in [5.74, 6) is -0.188. The van der Waals surface area contributed by atoms with Gasteiger partial charge in [0.2, 0.25) is 0 Å². The third kappa shape index (κ3) is 5.99. The van der Waals surface area contributed by atoms with Gasteiger partial charge in [-0.3, -0.25) is 0 Å². The zero-order chi connectivity index (χ0) is 22.6. The Balaban J connectivity index is 2.06. The lowest BCUT2D eigenvalue weighted by molar-refractivity contribution is 0.254. The summed E-state index contributed by atoms with van der Waals surface area (Å²) in [6.07, 6.45) is 2.64. The molecule has 3 N–H and O–H groups in total. The van der Waals surface area contributed by atoms with E-state index in [0.717, 1.165) is 36.5 Å². The number of imidazole rings is 1. The van der Waals surface area contributed by atoms with E-state index in [1.54, 1.807) is 0 Å². The van der Waals surface area contributed by atoms with Crippen molar-refractivity contribution in [2.45, 2.75) is 52.7 Å². The molecule has 3 rings (SSSR count). The number of hydrogen-bond donors (Lipinski definition) is 2. The van der Waals surface area contributed by atoms with Crippen LogP contribution in [-0.2, 0) is 6.54 Å². The Morgan fingerprint density at radius 2 is 1.81 bits per heavy atom. The van der Waals surface area contributed by atoms with Crippen molar-refractivity contribution in [3.05, 3.63) is 77.8 Å². The van der Waals surface area contributed by atoms with Gasteiger partial charge >= 0.3 is 0 Å². The summed E-state index contributed by atoms with van der Waals surface area (Å²) in [4.78, 5) is 4.81. The van der Waals surface area contributed by atoms with Crippen LogP contribution in [0, 0.1) is 17.0 Å². The Morgan fingerprint density at radius 3 is 2.45 bits per heavy atom. The van der Waals surface area contributed by atoms with E-state index in [9.17, 15) is 8.78 Å². The van der Waals surface area contributed by atoms with Crippen molar-refractivity contribution in [3.63, 3.8) is 0 Å². The Kier molecular flexibility index (Phi) is 7.23. The highest BCUT2D eigenvalue weighted by Crippen LogP contribution is 2.34. The van der Waals surface area contributed by atoms with Gasteiger partial charge in [-0.05, 0) is 49.1 Å². The van der Waals surface area contributed by atoms with E-state index in [0.29, 0.717) is 12.2 Å². The van der Waals surface area contributed by atoms with Gasteiger partial charge in [0, 0.05) is 24.3 Å². The number of rotatable bonds is 8. The third-order valence-electron chi connectivity index (χ3n) is 5.28. The lowest BCUT2D eigenvalue weighted by atomic mass is 9.86. The lowest BCUT2D eigenvalue weighted by Gasteiger charge is -2.32. The molecule has 0 aliphatic carbocycles. The summed E-state index contributed by atoms with van der Waals surface area (Å²) in [6, 6.07) is 13.5. The van der Waals surface area contributed by atoms with E-state index in [1.165, 1.54) is 6.07 Å². The Bertz CT molecular complexity index is 991. The van der Waals surface area contributed by atoms with Crippen LogP contribution in [0.4, 0.5) is 8.78 Å². The van der Waals surface area contributed by atoms with E-state index in [1.807, 2.05) is 48.0 Å². The van der Waals surface area contributed by atoms with E-state index < -0.39 is 11.6 Å². The van der Waals surface area contributed by atoms with Crippen LogP contribution in [0.1, 0.15) is 51.5 Å². The molecule has 0 aliphatic rings. The van der Waals surface area contributed by atoms with E-state index in [2.05, 4.69) is 26.1 Å². The summed E-state index contributed by atoms with van der Waals surface area (Å²) >= 11 is 0. The van der Waals surface area contributed by atoms with Crippen LogP contribution in [0.25, 0.3) is 11.3 Å². The molecule has 0 spiro atoms. The molecule has 0 amide bonds. The minimum atomic E-state index is -0.491. The zero-order valence-corrected chi connectivity index (χ0v) is 18.7. The Labute approximate surface area is 183 Å². The molecule has 2 aromatic carbocycles. The fourth-order valence-corrected chi connectivity index (χ4v) is 3.63. The van der Waals surface area contributed by atoms with E-state index in [-0.39, 0.29) is 23.1 Å². The molecular formula is C25H32F2N4. The van der Waals surface area contributed by atoms with Crippen molar-refractivity contribution in [2.24, 2.45) is 11.1 Å². The average Bonchev–Trinajstić information content (AvgIpc) is 3.09. The van der Waals surface area contributed by atoms with Crippen molar-refractivity contribution >= 4 is 0 Å². The average molecular weight is 427 g/mol. The molecule has 31 heavy (non-hydrogen) atoms. The SMILES string of the molecule is C[C@@H](N)CCN[C@@H](c1nc(-c2cc(F)ccc2F)cn1Cc1ccccc1)C(C)(C)C. The van der Waals surface area contributed by atoms with Crippen molar-refractivity contribution in [1.82, 2.24) is 14.9 Å². The summed E-state index contributed by atoms with van der Waals surface area (Å²) < 4.78 is 30.4. The van der Waals surface area contributed by atoms with E-state index >= 15 is 0 Å². The maximum absolute atomic E-state index is 14.5. The summed E-state index contributed by atoms with van der Waals surface area (Å²) in [5, 5.41) is 3.59. The molecule has 6 heteroatoms. The summed E-state index contributed by atoms with van der Waals surface area (Å²) in [7, 11) is 0. The maximum Gasteiger partial charge on any atom is 0.132 e. The van der Waals surface area contributed by atoms with Crippen LogP contribution in [0.2, 0.25) is 0 Å². The first-order valence-corrected chi connectivity index (χ1v) is 10.7. The van der Waals surface area contributed by atoms with Gasteiger partial charge in [0.05, 0.1) is 11.7 Å². The molecule has 0 saturated heterocycles. The fourth-order valence-electron chi connectivity index (χ4n) is 3.63. The molecule has 2 atom stereocenters. The second kappa shape index (κ2) is 9.71. The highest BCUT2D eigenvalue weighted by molar-refractivity contribution is 5.59. The predicted molar refractivity (Wildman–Crippen MR) is 122 cm³/mol. The van der Waals surface area contributed by atoms with Gasteiger partial charge in [0.1, 0.15) is 17.5 Å². The quantitative estimate of drug-likeness (QED) is 0.515. The molecule has 0 bridgehead atoms. The number of nitrogens with one attached hydrogen (secondary N) is 1. The molecule has 4 nitrogen and oxygen atoms in total. The summed E-state index contributed by atoms with van der Waals surface area (Å²) in [5.41, 5.74) is 7.47. The van der Waals surface area contributed by atoms with Gasteiger partial charge in [-0.25, -0.2) is 13.8 Å². The number of benzene rings is 2. The monoisotopic (exact) mass is 426 g/mol. The van der Waals surface area contributed by atoms with Crippen LogP contribution >= 0.6 is 0 Å². The maximum atomic E-state index is 14.5. The van der Waals surface area contributed by atoms with Gasteiger partial charge in [0.15, 0.2) is 0 Å². The molecule has 166 valence electrons. The van der Waals surface area contributed by atoms with Gasteiger partial charge < -0.3 is 15.6 Å². The van der Waals surface area contributed by atoms with Gasteiger partial charge in [-0.2, -0.15) is 0 Å². The Hall–Kier alpha value is -2.57. The minimum Gasteiger partial charge on any atom is -0.329 e. The molecule has 0 aliphatic heterocycles. The number of nitrogens with two attached hydrogens (primary N) is 1. The summed E-state index contributed by atoms with van der Waals surface area (Å²) in [6.45, 7) is 9.72. The van der Waals surface area contributed by atoms with Crippen molar-refractivity contribution in [1.29, 1.82) is 0 Å². The van der Waals surface area contributed by atoms with Crippen LogP contribution < -0.4 is 11.1 Å². The highest BCUT2D eigenvalue weighted by atomic mass is 19.1. The first-order chi connectivity index (χ1) is 14.6. The van der Waals surface area contributed by atoms with Crippen LogP contribution in [0.3, 0.4) is 0 Å². The van der Waals surface area contributed by atoms with E-state index in [4.69, 9.17) is 10.7 Å². The second-order valence-electron chi connectivity index (χ2n) is 9.24. The van der Waals surface area contributed by atoms with Crippen LogP contribution in [-0.4, -0.2) is 22.1 Å². The predicted octanol–water partition coefficient (Wildman–Crippen LogP) is 5.29. The minimum absolute atomic E-state index is 0.0918. The van der Waals surface area contributed by atoms with Crippen LogP contribution in [0.15, 0.2) is 54.7 Å².